The van der Waals surface area contributed by atoms with Crippen molar-refractivity contribution in [3.05, 3.63) is 40.3 Å². The molecule has 0 spiro atoms. The van der Waals surface area contributed by atoms with Gasteiger partial charge in [-0.3, -0.25) is 10.2 Å². The number of aryl methyl sites for hydroxylation is 1. The number of hydrogen-bond donors (Lipinski definition) is 2. The van der Waals surface area contributed by atoms with E-state index in [1.807, 2.05) is 19.1 Å². The van der Waals surface area contributed by atoms with Gasteiger partial charge in [0.25, 0.3) is 5.56 Å². The van der Waals surface area contributed by atoms with Crippen LogP contribution in [0.25, 0.3) is 11.0 Å². The first kappa shape index (κ1) is 11.6. The second kappa shape index (κ2) is 4.55. The van der Waals surface area contributed by atoms with Crippen LogP contribution in [-0.2, 0) is 0 Å². The van der Waals surface area contributed by atoms with Crippen LogP contribution in [0.15, 0.2) is 29.2 Å². The minimum atomic E-state index is -0.764. The van der Waals surface area contributed by atoms with E-state index in [1.54, 1.807) is 19.2 Å². The SMILES string of the molecule is CCC(O)Nn1c(=O)c(C)cc2cccnc21. The van der Waals surface area contributed by atoms with Crippen molar-refractivity contribution in [2.24, 2.45) is 0 Å². The molecule has 2 aromatic rings. The topological polar surface area (TPSA) is 67.2 Å². The van der Waals surface area contributed by atoms with Gasteiger partial charge in [0.15, 0.2) is 5.65 Å². The maximum absolute atomic E-state index is 12.0. The fraction of sp³-hybridized carbons (Fsp3) is 0.333. The molecule has 0 fully saturated rings. The summed E-state index contributed by atoms with van der Waals surface area (Å²) in [7, 11) is 0. The number of aliphatic hydroxyl groups is 1. The number of nitrogens with zero attached hydrogens (tertiary/aromatic N) is 2. The van der Waals surface area contributed by atoms with Crippen molar-refractivity contribution in [1.29, 1.82) is 0 Å². The minimum absolute atomic E-state index is 0.191. The monoisotopic (exact) mass is 233 g/mol. The largest absolute Gasteiger partial charge is 0.372 e. The Morgan fingerprint density at radius 3 is 3.06 bits per heavy atom. The van der Waals surface area contributed by atoms with Crippen LogP contribution in [0.5, 0.6) is 0 Å². The molecule has 2 rings (SSSR count). The number of aromatic nitrogens is 2. The summed E-state index contributed by atoms with van der Waals surface area (Å²) in [6.07, 6.45) is 1.36. The standard InChI is InChI=1S/C12H15N3O2/c1-3-10(16)14-15-11-9(5-4-6-13-11)7-8(2)12(15)17/h4-7,10,14,16H,3H2,1-2H3. The quantitative estimate of drug-likeness (QED) is 0.775. The fourth-order valence-corrected chi connectivity index (χ4v) is 1.64. The summed E-state index contributed by atoms with van der Waals surface area (Å²) in [5.41, 5.74) is 3.69. The van der Waals surface area contributed by atoms with Crippen molar-refractivity contribution < 1.29 is 5.11 Å². The van der Waals surface area contributed by atoms with Crippen LogP contribution in [0.2, 0.25) is 0 Å². The normalized spacial score (nSPS) is 12.6. The minimum Gasteiger partial charge on any atom is -0.372 e. The molecule has 5 heteroatoms. The summed E-state index contributed by atoms with van der Waals surface area (Å²) in [5.74, 6) is 0. The summed E-state index contributed by atoms with van der Waals surface area (Å²) in [6, 6.07) is 5.49. The van der Waals surface area contributed by atoms with Crippen LogP contribution in [0, 0.1) is 6.92 Å². The Labute approximate surface area is 98.7 Å². The van der Waals surface area contributed by atoms with Crippen LogP contribution in [0.3, 0.4) is 0 Å². The second-order valence-electron chi connectivity index (χ2n) is 3.94. The van der Waals surface area contributed by atoms with Gasteiger partial charge in [0.05, 0.1) is 0 Å². The highest BCUT2D eigenvalue weighted by Crippen LogP contribution is 2.09. The molecule has 2 heterocycles. The van der Waals surface area contributed by atoms with E-state index in [2.05, 4.69) is 10.4 Å². The molecule has 0 radical (unpaired) electrons. The summed E-state index contributed by atoms with van der Waals surface area (Å²) in [6.45, 7) is 3.57. The van der Waals surface area contributed by atoms with Crippen molar-refractivity contribution in [2.75, 3.05) is 5.43 Å². The summed E-state index contributed by atoms with van der Waals surface area (Å²) in [4.78, 5) is 16.1. The van der Waals surface area contributed by atoms with E-state index < -0.39 is 6.23 Å². The van der Waals surface area contributed by atoms with E-state index in [9.17, 15) is 9.90 Å². The summed E-state index contributed by atoms with van der Waals surface area (Å²) >= 11 is 0. The van der Waals surface area contributed by atoms with Crippen LogP contribution in [-0.4, -0.2) is 21.0 Å². The molecule has 1 atom stereocenters. The lowest BCUT2D eigenvalue weighted by molar-refractivity contribution is 0.184. The molecule has 0 aliphatic rings. The summed E-state index contributed by atoms with van der Waals surface area (Å²) < 4.78 is 1.30. The van der Waals surface area contributed by atoms with E-state index in [1.165, 1.54) is 4.68 Å². The van der Waals surface area contributed by atoms with Crippen LogP contribution in [0.4, 0.5) is 0 Å². The van der Waals surface area contributed by atoms with Crippen LogP contribution in [0.1, 0.15) is 18.9 Å². The highest BCUT2D eigenvalue weighted by atomic mass is 16.3. The molecule has 0 amide bonds. The van der Waals surface area contributed by atoms with Crippen molar-refractivity contribution >= 4 is 11.0 Å². The van der Waals surface area contributed by atoms with Gasteiger partial charge < -0.3 is 5.11 Å². The third kappa shape index (κ3) is 2.14. The number of aliphatic hydroxyl groups excluding tert-OH is 1. The number of rotatable bonds is 3. The second-order valence-corrected chi connectivity index (χ2v) is 3.94. The van der Waals surface area contributed by atoms with Gasteiger partial charge in [0.2, 0.25) is 0 Å². The van der Waals surface area contributed by atoms with Gasteiger partial charge in [-0.25, -0.2) is 9.66 Å². The van der Waals surface area contributed by atoms with E-state index in [0.29, 0.717) is 17.6 Å². The maximum Gasteiger partial charge on any atom is 0.273 e. The van der Waals surface area contributed by atoms with Crippen molar-refractivity contribution in [3.63, 3.8) is 0 Å². The molecule has 2 N–H and O–H groups in total. The molecule has 90 valence electrons. The molecule has 0 saturated carbocycles. The lowest BCUT2D eigenvalue weighted by Gasteiger charge is -2.16. The molecule has 17 heavy (non-hydrogen) atoms. The van der Waals surface area contributed by atoms with E-state index in [-0.39, 0.29) is 5.56 Å². The molecule has 0 aliphatic heterocycles. The highest BCUT2D eigenvalue weighted by Gasteiger charge is 2.09. The Morgan fingerprint density at radius 1 is 1.59 bits per heavy atom. The first-order valence-corrected chi connectivity index (χ1v) is 5.55. The first-order valence-electron chi connectivity index (χ1n) is 5.55. The van der Waals surface area contributed by atoms with Gasteiger partial charge in [0.1, 0.15) is 6.23 Å². The zero-order valence-corrected chi connectivity index (χ0v) is 9.84. The molecule has 0 saturated heterocycles. The fourth-order valence-electron chi connectivity index (χ4n) is 1.64. The van der Waals surface area contributed by atoms with Gasteiger partial charge in [-0.15, -0.1) is 0 Å². The molecular formula is C12H15N3O2. The van der Waals surface area contributed by atoms with Gasteiger partial charge in [-0.1, -0.05) is 6.92 Å². The van der Waals surface area contributed by atoms with Crippen LogP contribution >= 0.6 is 0 Å². The van der Waals surface area contributed by atoms with Crippen LogP contribution < -0.4 is 11.0 Å². The summed E-state index contributed by atoms with van der Waals surface area (Å²) in [5, 5.41) is 10.4. The first-order chi connectivity index (χ1) is 8.13. The lowest BCUT2D eigenvalue weighted by atomic mass is 10.2. The third-order valence-electron chi connectivity index (χ3n) is 2.61. The Bertz CT molecular complexity index is 592. The highest BCUT2D eigenvalue weighted by molar-refractivity contribution is 5.75. The molecule has 0 aliphatic carbocycles. The van der Waals surface area contributed by atoms with Crippen molar-refractivity contribution in [1.82, 2.24) is 9.66 Å². The molecule has 1 unspecified atom stereocenters. The Morgan fingerprint density at radius 2 is 2.35 bits per heavy atom. The average molecular weight is 233 g/mol. The zero-order valence-electron chi connectivity index (χ0n) is 9.84. The third-order valence-corrected chi connectivity index (χ3v) is 2.61. The van der Waals surface area contributed by atoms with Gasteiger partial charge in [0, 0.05) is 17.1 Å². The van der Waals surface area contributed by atoms with Gasteiger partial charge in [-0.2, -0.15) is 0 Å². The molecule has 0 aromatic carbocycles. The lowest BCUT2D eigenvalue weighted by Crippen LogP contribution is -2.36. The van der Waals surface area contributed by atoms with Gasteiger partial charge in [-0.05, 0) is 31.5 Å². The number of hydrogen-bond acceptors (Lipinski definition) is 4. The number of pyridine rings is 2. The zero-order chi connectivity index (χ0) is 12.4. The Balaban J connectivity index is 2.66. The van der Waals surface area contributed by atoms with Crippen molar-refractivity contribution in [2.45, 2.75) is 26.5 Å². The molecule has 5 nitrogen and oxygen atoms in total. The Kier molecular flexibility index (Phi) is 3.10. The molecular weight excluding hydrogens is 218 g/mol. The predicted molar refractivity (Wildman–Crippen MR) is 66.4 cm³/mol. The van der Waals surface area contributed by atoms with E-state index in [0.717, 1.165) is 5.39 Å². The molecule has 2 aromatic heterocycles. The maximum atomic E-state index is 12.0. The van der Waals surface area contributed by atoms with Gasteiger partial charge >= 0.3 is 0 Å². The number of fused-ring (bicyclic) bond motifs is 1. The van der Waals surface area contributed by atoms with E-state index in [4.69, 9.17) is 0 Å². The Hall–Kier alpha value is -1.88. The van der Waals surface area contributed by atoms with Crippen molar-refractivity contribution in [3.8, 4) is 0 Å². The number of nitrogens with one attached hydrogen (secondary N) is 1. The van der Waals surface area contributed by atoms with E-state index >= 15 is 0 Å². The smallest absolute Gasteiger partial charge is 0.273 e. The molecule has 0 bridgehead atoms. The average Bonchev–Trinajstić information content (AvgIpc) is 2.34. The predicted octanol–water partition coefficient (Wildman–Crippen LogP) is 0.977.